The lowest BCUT2D eigenvalue weighted by atomic mass is 9.95. The van der Waals surface area contributed by atoms with Crippen LogP contribution in [0.15, 0.2) is 87.6 Å². The minimum Gasteiger partial charge on any atom is -0.493 e. The largest absolute Gasteiger partial charge is 0.493 e. The van der Waals surface area contributed by atoms with Gasteiger partial charge in [-0.2, -0.15) is 5.10 Å². The third-order valence-electron chi connectivity index (χ3n) is 6.24. The maximum atomic E-state index is 12.8. The number of carbonyl (C=O) groups is 2. The molecule has 3 N–H and O–H groups in total. The Labute approximate surface area is 263 Å². The van der Waals surface area contributed by atoms with E-state index in [0.29, 0.717) is 51.4 Å². The number of rotatable bonds is 12. The van der Waals surface area contributed by atoms with E-state index in [9.17, 15) is 9.59 Å². The van der Waals surface area contributed by atoms with E-state index in [1.165, 1.54) is 6.21 Å². The number of para-hydroxylation sites is 1. The third kappa shape index (κ3) is 8.33. The lowest BCUT2D eigenvalue weighted by Crippen LogP contribution is -2.45. The van der Waals surface area contributed by atoms with Gasteiger partial charge in [-0.15, -0.1) is 0 Å². The molecule has 12 heteroatoms. The summed E-state index contributed by atoms with van der Waals surface area (Å²) in [5.41, 5.74) is 5.62. The smallest absolute Gasteiger partial charge is 0.338 e. The van der Waals surface area contributed by atoms with E-state index in [1.54, 1.807) is 57.4 Å². The number of halogens is 1. The molecule has 3 aromatic carbocycles. The number of nitrogens with zero attached hydrogens (tertiary/aromatic N) is 1. The van der Waals surface area contributed by atoms with Crippen LogP contribution >= 0.6 is 28.1 Å². The van der Waals surface area contributed by atoms with Crippen LogP contribution in [0.2, 0.25) is 0 Å². The first-order chi connectivity index (χ1) is 20.8. The van der Waals surface area contributed by atoms with Crippen molar-refractivity contribution in [2.24, 2.45) is 5.10 Å². The molecule has 10 nitrogen and oxygen atoms in total. The Hall–Kier alpha value is -4.42. The minimum atomic E-state index is -0.633. The molecule has 1 aliphatic heterocycles. The summed E-state index contributed by atoms with van der Waals surface area (Å²) in [6, 6.07) is 19.8. The number of benzene rings is 3. The van der Waals surface area contributed by atoms with E-state index in [2.05, 4.69) is 37.1 Å². The van der Waals surface area contributed by atoms with Crippen LogP contribution in [0.5, 0.6) is 17.2 Å². The fourth-order valence-corrected chi connectivity index (χ4v) is 5.05. The molecule has 0 aromatic heterocycles. The van der Waals surface area contributed by atoms with Gasteiger partial charge in [0.1, 0.15) is 12.4 Å². The molecule has 224 valence electrons. The van der Waals surface area contributed by atoms with Crippen LogP contribution in [0.1, 0.15) is 36.6 Å². The highest BCUT2D eigenvalue weighted by Crippen LogP contribution is 2.35. The van der Waals surface area contributed by atoms with Crippen LogP contribution in [0, 0.1) is 0 Å². The molecule has 0 saturated heterocycles. The van der Waals surface area contributed by atoms with Crippen molar-refractivity contribution in [3.05, 3.63) is 99.2 Å². The van der Waals surface area contributed by atoms with E-state index in [4.69, 9.17) is 31.2 Å². The first kappa shape index (κ1) is 31.5. The van der Waals surface area contributed by atoms with Crippen LogP contribution in [-0.2, 0) is 20.9 Å². The predicted octanol–water partition coefficient (Wildman–Crippen LogP) is 4.92. The molecule has 0 saturated carbocycles. The van der Waals surface area contributed by atoms with Gasteiger partial charge in [0.05, 0.1) is 31.5 Å². The van der Waals surface area contributed by atoms with E-state index >= 15 is 0 Å². The Morgan fingerprint density at radius 1 is 1.07 bits per heavy atom. The van der Waals surface area contributed by atoms with Gasteiger partial charge in [0, 0.05) is 21.3 Å². The molecule has 0 fully saturated rings. The summed E-state index contributed by atoms with van der Waals surface area (Å²) in [5.74, 6) is 0.407. The van der Waals surface area contributed by atoms with Gasteiger partial charge in [0.2, 0.25) is 0 Å². The molecule has 4 rings (SSSR count). The van der Waals surface area contributed by atoms with Gasteiger partial charge < -0.3 is 29.6 Å². The predicted molar refractivity (Wildman–Crippen MR) is 170 cm³/mol. The normalized spacial score (nSPS) is 14.5. The molecular weight excluding hydrogens is 636 g/mol. The molecule has 0 radical (unpaired) electrons. The first-order valence-corrected chi connectivity index (χ1v) is 14.5. The highest BCUT2D eigenvalue weighted by molar-refractivity contribution is 9.10. The average Bonchev–Trinajstić information content (AvgIpc) is 2.99. The van der Waals surface area contributed by atoms with Gasteiger partial charge in [-0.05, 0) is 49.8 Å². The molecule has 1 amide bonds. The highest BCUT2D eigenvalue weighted by Gasteiger charge is 2.32. The van der Waals surface area contributed by atoms with Crippen LogP contribution in [0.25, 0.3) is 0 Å². The fraction of sp³-hybridized carbons (Fsp3) is 0.226. The van der Waals surface area contributed by atoms with Crippen molar-refractivity contribution in [3.63, 3.8) is 0 Å². The number of hydrogen-bond donors (Lipinski definition) is 3. The van der Waals surface area contributed by atoms with Crippen molar-refractivity contribution < 1.29 is 28.5 Å². The number of thiocarbonyl (C=S) groups is 1. The van der Waals surface area contributed by atoms with Crippen molar-refractivity contribution in [2.45, 2.75) is 26.5 Å². The number of ether oxygens (including phenoxy) is 4. The Morgan fingerprint density at radius 2 is 1.81 bits per heavy atom. The highest BCUT2D eigenvalue weighted by atomic mass is 79.9. The van der Waals surface area contributed by atoms with E-state index in [0.717, 1.165) is 10.0 Å². The summed E-state index contributed by atoms with van der Waals surface area (Å²) in [6.07, 6.45) is 1.47. The van der Waals surface area contributed by atoms with Crippen LogP contribution in [0.3, 0.4) is 0 Å². The van der Waals surface area contributed by atoms with Crippen molar-refractivity contribution in [2.75, 3.05) is 20.3 Å². The standard InChI is InChI=1S/C31H31BrN4O6S/c1-4-40-30(38)27-19(2)34-31(43)35-28(27)23-12-8-9-13-24(23)41-18-26(37)36-33-16-21-14-22(32)15-25(39-3)29(21)42-17-20-10-6-5-7-11-20/h5-16,28H,4,17-18H2,1-3H3,(H,36,37)(H2,34,35,43)/t28-/m1/s1. The summed E-state index contributed by atoms with van der Waals surface area (Å²) in [4.78, 5) is 25.5. The quantitative estimate of drug-likeness (QED) is 0.107. The summed E-state index contributed by atoms with van der Waals surface area (Å²) in [5, 5.41) is 10.5. The Balaban J connectivity index is 1.45. The molecule has 0 unspecified atom stereocenters. The van der Waals surface area contributed by atoms with Gasteiger partial charge in [0.25, 0.3) is 5.91 Å². The molecule has 1 aliphatic rings. The maximum absolute atomic E-state index is 12.8. The van der Waals surface area contributed by atoms with Gasteiger partial charge in [-0.3, -0.25) is 4.79 Å². The van der Waals surface area contributed by atoms with Gasteiger partial charge >= 0.3 is 5.97 Å². The van der Waals surface area contributed by atoms with Crippen molar-refractivity contribution in [1.29, 1.82) is 0 Å². The molecule has 1 atom stereocenters. The topological polar surface area (TPSA) is 120 Å². The second-order valence-corrected chi connectivity index (χ2v) is 10.5. The molecule has 43 heavy (non-hydrogen) atoms. The first-order valence-electron chi connectivity index (χ1n) is 13.3. The number of esters is 1. The van der Waals surface area contributed by atoms with Gasteiger partial charge in [-0.25, -0.2) is 10.2 Å². The van der Waals surface area contributed by atoms with Crippen molar-refractivity contribution >= 4 is 51.4 Å². The van der Waals surface area contributed by atoms with E-state index in [-0.39, 0.29) is 13.2 Å². The number of allylic oxidation sites excluding steroid dienone is 1. The van der Waals surface area contributed by atoms with E-state index in [1.807, 2.05) is 30.3 Å². The monoisotopic (exact) mass is 666 g/mol. The van der Waals surface area contributed by atoms with Crippen LogP contribution in [0.4, 0.5) is 0 Å². The fourth-order valence-electron chi connectivity index (χ4n) is 4.33. The molecule has 1 heterocycles. The Bertz CT molecular complexity index is 1550. The second kappa shape index (κ2) is 15.2. The number of amides is 1. The van der Waals surface area contributed by atoms with E-state index < -0.39 is 17.9 Å². The number of carbonyl (C=O) groups excluding carboxylic acids is 2. The average molecular weight is 668 g/mol. The minimum absolute atomic E-state index is 0.221. The second-order valence-electron chi connectivity index (χ2n) is 9.21. The lowest BCUT2D eigenvalue weighted by Gasteiger charge is -2.30. The van der Waals surface area contributed by atoms with Crippen LogP contribution < -0.4 is 30.3 Å². The zero-order valence-electron chi connectivity index (χ0n) is 23.8. The lowest BCUT2D eigenvalue weighted by molar-refractivity contribution is -0.139. The molecule has 0 aliphatic carbocycles. The maximum Gasteiger partial charge on any atom is 0.338 e. The van der Waals surface area contributed by atoms with Gasteiger partial charge in [-0.1, -0.05) is 64.5 Å². The summed E-state index contributed by atoms with van der Waals surface area (Å²) >= 11 is 8.80. The summed E-state index contributed by atoms with van der Waals surface area (Å²) in [6.45, 7) is 3.70. The number of methoxy groups -OCH3 is 1. The number of hydrogen-bond acceptors (Lipinski definition) is 8. The summed E-state index contributed by atoms with van der Waals surface area (Å²) < 4.78 is 23.4. The Kier molecular flexibility index (Phi) is 11.1. The number of nitrogens with one attached hydrogen (secondary N) is 3. The van der Waals surface area contributed by atoms with Crippen molar-refractivity contribution in [1.82, 2.24) is 16.1 Å². The zero-order valence-corrected chi connectivity index (χ0v) is 26.2. The summed E-state index contributed by atoms with van der Waals surface area (Å²) in [7, 11) is 1.55. The van der Waals surface area contributed by atoms with Crippen LogP contribution in [-0.4, -0.2) is 43.5 Å². The third-order valence-corrected chi connectivity index (χ3v) is 6.92. The molecule has 0 spiro atoms. The van der Waals surface area contributed by atoms with Crippen molar-refractivity contribution in [3.8, 4) is 17.2 Å². The Morgan fingerprint density at radius 3 is 2.56 bits per heavy atom. The SMILES string of the molecule is CCOC(=O)C1=C(C)NC(=S)N[C@@H]1c1ccccc1OCC(=O)NN=Cc1cc(Br)cc(OC)c1OCc1ccccc1. The molecule has 3 aromatic rings. The molecular formula is C31H31BrN4O6S. The zero-order chi connectivity index (χ0) is 30.8. The van der Waals surface area contributed by atoms with Gasteiger partial charge in [0.15, 0.2) is 23.2 Å². The molecule has 0 bridgehead atoms. The number of hydrazone groups is 1.